The molecule has 0 aromatic heterocycles. The average Bonchev–Trinajstić information content (AvgIpc) is 3.25. The van der Waals surface area contributed by atoms with Gasteiger partial charge in [0.15, 0.2) is 6.61 Å². The Bertz CT molecular complexity index is 787. The van der Waals surface area contributed by atoms with Gasteiger partial charge in [0.05, 0.1) is 6.54 Å². The first kappa shape index (κ1) is 20.2. The van der Waals surface area contributed by atoms with E-state index in [0.29, 0.717) is 18.6 Å². The number of esters is 1. The number of nitrogens with one attached hydrogen (secondary N) is 1. The van der Waals surface area contributed by atoms with Crippen LogP contribution in [0.4, 0.5) is 0 Å². The molecule has 0 unspecified atom stereocenters. The summed E-state index contributed by atoms with van der Waals surface area (Å²) in [6, 6.07) is 8.94. The number of benzene rings is 1. The van der Waals surface area contributed by atoms with Crippen LogP contribution in [0.25, 0.3) is 0 Å². The van der Waals surface area contributed by atoms with Crippen molar-refractivity contribution < 1.29 is 23.9 Å². The minimum Gasteiger partial charge on any atom is -0.454 e. The van der Waals surface area contributed by atoms with E-state index in [9.17, 15) is 19.2 Å². The summed E-state index contributed by atoms with van der Waals surface area (Å²) in [6.45, 7) is -0.582. The Hall–Kier alpha value is -2.55. The summed E-state index contributed by atoms with van der Waals surface area (Å²) < 4.78 is 5.19. The topological polar surface area (TPSA) is 96.0 Å². The molecule has 9 heteroatoms. The standard InChI is InChI=1S/C19H23N3O5S/c1-20-15(23)10-21(2)17(25)11-27-18(26)14-12-28-19(9-8-16(24)22(14)19)13-6-4-3-5-7-13/h3-7,14H,8-12H2,1-2H3,(H,20,23)/t14-,19-/m1/s1. The predicted octanol–water partition coefficient (Wildman–Crippen LogP) is 0.325. The predicted molar refractivity (Wildman–Crippen MR) is 103 cm³/mol. The van der Waals surface area contributed by atoms with Crippen LogP contribution in [-0.2, 0) is 28.8 Å². The molecule has 2 saturated heterocycles. The summed E-state index contributed by atoms with van der Waals surface area (Å²) in [7, 11) is 2.94. The summed E-state index contributed by atoms with van der Waals surface area (Å²) in [6.07, 6.45) is 1.01. The lowest BCUT2D eigenvalue weighted by Gasteiger charge is -2.33. The van der Waals surface area contributed by atoms with Gasteiger partial charge in [-0.2, -0.15) is 0 Å². The van der Waals surface area contributed by atoms with Gasteiger partial charge in [-0.25, -0.2) is 4.79 Å². The number of likely N-dealkylation sites (N-methyl/N-ethyl adjacent to an activating group) is 2. The number of nitrogens with zero attached hydrogens (tertiary/aromatic N) is 2. The lowest BCUT2D eigenvalue weighted by atomic mass is 10.0. The highest BCUT2D eigenvalue weighted by Crippen LogP contribution is 2.54. The van der Waals surface area contributed by atoms with Gasteiger partial charge < -0.3 is 19.9 Å². The maximum Gasteiger partial charge on any atom is 0.330 e. The van der Waals surface area contributed by atoms with E-state index in [-0.39, 0.29) is 18.4 Å². The van der Waals surface area contributed by atoms with Crippen LogP contribution in [0.3, 0.4) is 0 Å². The number of hydrogen-bond acceptors (Lipinski definition) is 6. The van der Waals surface area contributed by atoms with Crippen LogP contribution in [0, 0.1) is 0 Å². The van der Waals surface area contributed by atoms with Gasteiger partial charge in [0.2, 0.25) is 11.8 Å². The highest BCUT2D eigenvalue weighted by atomic mass is 32.2. The molecule has 2 fully saturated rings. The number of carbonyl (C=O) groups is 4. The summed E-state index contributed by atoms with van der Waals surface area (Å²) in [5.41, 5.74) is 0.988. The molecule has 150 valence electrons. The SMILES string of the molecule is CNC(=O)CN(C)C(=O)COC(=O)[C@H]1CS[C@@]2(c3ccccc3)CCC(=O)N12. The Kier molecular flexibility index (Phi) is 5.93. The first-order valence-corrected chi connectivity index (χ1v) is 10.0. The number of thioether (sulfide) groups is 1. The van der Waals surface area contributed by atoms with Gasteiger partial charge in [-0.3, -0.25) is 14.4 Å². The van der Waals surface area contributed by atoms with Gasteiger partial charge in [0, 0.05) is 26.3 Å². The lowest BCUT2D eigenvalue weighted by Crippen LogP contribution is -2.47. The van der Waals surface area contributed by atoms with Crippen molar-refractivity contribution in [1.29, 1.82) is 0 Å². The smallest absolute Gasteiger partial charge is 0.330 e. The van der Waals surface area contributed by atoms with Gasteiger partial charge in [-0.05, 0) is 12.0 Å². The van der Waals surface area contributed by atoms with Crippen LogP contribution in [-0.4, -0.2) is 72.5 Å². The summed E-state index contributed by atoms with van der Waals surface area (Å²) in [5.74, 6) is -1.06. The van der Waals surface area contributed by atoms with E-state index >= 15 is 0 Å². The lowest BCUT2D eigenvalue weighted by molar-refractivity contribution is -0.158. The number of ether oxygens (including phenoxy) is 1. The van der Waals surface area contributed by atoms with E-state index < -0.39 is 29.4 Å². The third-order valence-corrected chi connectivity index (χ3v) is 6.64. The van der Waals surface area contributed by atoms with Crippen molar-refractivity contribution in [2.75, 3.05) is 33.0 Å². The molecule has 2 aliphatic rings. The first-order chi connectivity index (χ1) is 13.4. The van der Waals surface area contributed by atoms with Crippen LogP contribution < -0.4 is 5.32 Å². The number of carbonyl (C=O) groups excluding carboxylic acids is 4. The van der Waals surface area contributed by atoms with Crippen LogP contribution in [0.2, 0.25) is 0 Å². The average molecular weight is 405 g/mol. The quantitative estimate of drug-likeness (QED) is 0.685. The van der Waals surface area contributed by atoms with Crippen molar-refractivity contribution in [3.63, 3.8) is 0 Å². The summed E-state index contributed by atoms with van der Waals surface area (Å²) in [5, 5.41) is 2.42. The number of fused-ring (bicyclic) bond motifs is 1. The van der Waals surface area contributed by atoms with Crippen LogP contribution in [0.1, 0.15) is 18.4 Å². The Labute approximate surface area is 167 Å². The number of hydrogen-bond donors (Lipinski definition) is 1. The minimum absolute atomic E-state index is 0.0844. The molecular formula is C19H23N3O5S. The number of rotatable bonds is 6. The van der Waals surface area contributed by atoms with Crippen molar-refractivity contribution in [1.82, 2.24) is 15.1 Å². The van der Waals surface area contributed by atoms with Crippen LogP contribution >= 0.6 is 11.8 Å². The molecular weight excluding hydrogens is 382 g/mol. The molecule has 1 aromatic rings. The highest BCUT2D eigenvalue weighted by Gasteiger charge is 2.57. The van der Waals surface area contributed by atoms with Crippen molar-refractivity contribution >= 4 is 35.5 Å². The molecule has 0 saturated carbocycles. The van der Waals surface area contributed by atoms with Crippen molar-refractivity contribution in [2.24, 2.45) is 0 Å². The Morgan fingerprint density at radius 3 is 2.71 bits per heavy atom. The van der Waals surface area contributed by atoms with Gasteiger partial charge in [-0.1, -0.05) is 30.3 Å². The summed E-state index contributed by atoms with van der Waals surface area (Å²) >= 11 is 1.56. The van der Waals surface area contributed by atoms with Crippen LogP contribution in [0.5, 0.6) is 0 Å². The molecule has 0 radical (unpaired) electrons. The summed E-state index contributed by atoms with van der Waals surface area (Å²) in [4.78, 5) is 50.8. The molecule has 0 bridgehead atoms. The molecule has 2 atom stereocenters. The fraction of sp³-hybridized carbons (Fsp3) is 0.474. The molecule has 3 rings (SSSR count). The third kappa shape index (κ3) is 3.71. The largest absolute Gasteiger partial charge is 0.454 e. The van der Waals surface area contributed by atoms with Gasteiger partial charge in [-0.15, -0.1) is 11.8 Å². The monoisotopic (exact) mass is 405 g/mol. The van der Waals surface area contributed by atoms with E-state index in [1.54, 1.807) is 16.7 Å². The van der Waals surface area contributed by atoms with Crippen molar-refractivity contribution in [3.8, 4) is 0 Å². The molecule has 8 nitrogen and oxygen atoms in total. The molecule has 2 heterocycles. The maximum absolute atomic E-state index is 12.6. The van der Waals surface area contributed by atoms with Crippen molar-refractivity contribution in [3.05, 3.63) is 35.9 Å². The third-order valence-electron chi connectivity index (χ3n) is 5.05. The second-order valence-electron chi connectivity index (χ2n) is 6.77. The Morgan fingerprint density at radius 2 is 2.04 bits per heavy atom. The van der Waals surface area contributed by atoms with E-state index in [1.165, 1.54) is 19.0 Å². The molecule has 28 heavy (non-hydrogen) atoms. The van der Waals surface area contributed by atoms with E-state index in [4.69, 9.17) is 4.74 Å². The van der Waals surface area contributed by atoms with Gasteiger partial charge in [0.25, 0.3) is 5.91 Å². The molecule has 0 aliphatic carbocycles. The molecule has 3 amide bonds. The van der Waals surface area contributed by atoms with Gasteiger partial charge >= 0.3 is 5.97 Å². The fourth-order valence-corrected chi connectivity index (χ4v) is 5.17. The van der Waals surface area contributed by atoms with Crippen molar-refractivity contribution in [2.45, 2.75) is 23.8 Å². The first-order valence-electron chi connectivity index (χ1n) is 9.02. The van der Waals surface area contributed by atoms with E-state index in [2.05, 4.69) is 5.32 Å². The maximum atomic E-state index is 12.6. The van der Waals surface area contributed by atoms with Crippen LogP contribution in [0.15, 0.2) is 30.3 Å². The molecule has 0 spiro atoms. The van der Waals surface area contributed by atoms with Gasteiger partial charge in [0.1, 0.15) is 10.9 Å². The zero-order valence-corrected chi connectivity index (χ0v) is 16.7. The number of amides is 3. The fourth-order valence-electron chi connectivity index (χ4n) is 3.54. The van der Waals surface area contributed by atoms with E-state index in [0.717, 1.165) is 5.56 Å². The van der Waals surface area contributed by atoms with E-state index in [1.807, 2.05) is 30.3 Å². The zero-order valence-electron chi connectivity index (χ0n) is 15.8. The second kappa shape index (κ2) is 8.22. The Morgan fingerprint density at radius 1 is 1.32 bits per heavy atom. The minimum atomic E-state index is -0.725. The Balaban J connectivity index is 1.66. The molecule has 1 aromatic carbocycles. The normalized spacial score (nSPS) is 23.3. The highest BCUT2D eigenvalue weighted by molar-refractivity contribution is 8.00. The molecule has 2 aliphatic heterocycles. The molecule has 1 N–H and O–H groups in total. The zero-order chi connectivity index (χ0) is 20.3. The second-order valence-corrected chi connectivity index (χ2v) is 8.07.